The highest BCUT2D eigenvalue weighted by molar-refractivity contribution is 7.80. The van der Waals surface area contributed by atoms with Gasteiger partial charge in [-0.2, -0.15) is 0 Å². The van der Waals surface area contributed by atoms with Crippen molar-refractivity contribution in [2.24, 2.45) is 11.8 Å². The van der Waals surface area contributed by atoms with Crippen LogP contribution in [0.1, 0.15) is 33.1 Å². The zero-order valence-electron chi connectivity index (χ0n) is 13.4. The Morgan fingerprint density at radius 1 is 1.04 bits per heavy atom. The smallest absolute Gasteiger partial charge is 0.189 e. The number of thiocarbonyl (C=S) groups is 2. The molecule has 0 saturated heterocycles. The first-order chi connectivity index (χ1) is 11.0. The van der Waals surface area contributed by atoms with E-state index in [-0.39, 0.29) is 0 Å². The molecule has 4 N–H and O–H groups in total. The molecule has 1 aromatic carbocycles. The summed E-state index contributed by atoms with van der Waals surface area (Å²) in [6, 6.07) is 7.74. The van der Waals surface area contributed by atoms with Gasteiger partial charge in [0.05, 0.1) is 0 Å². The second-order valence-electron chi connectivity index (χ2n) is 6.06. The maximum absolute atomic E-state index is 5.85. The Labute approximate surface area is 153 Å². The van der Waals surface area contributed by atoms with Crippen LogP contribution in [0.4, 0.5) is 5.69 Å². The minimum atomic E-state index is 0.415. The predicted octanol–water partition coefficient (Wildman–Crippen LogP) is 3.83. The van der Waals surface area contributed by atoms with Crippen LogP contribution in [-0.4, -0.2) is 16.3 Å². The van der Waals surface area contributed by atoms with E-state index >= 15 is 0 Å². The fourth-order valence-corrected chi connectivity index (χ4v) is 3.30. The molecule has 0 spiro atoms. The average Bonchev–Trinajstić information content (AvgIpc) is 2.52. The van der Waals surface area contributed by atoms with Crippen molar-refractivity contribution in [3.8, 4) is 0 Å². The van der Waals surface area contributed by atoms with Gasteiger partial charge in [-0.25, -0.2) is 0 Å². The standard InChI is InChI=1S/C16H23ClN4S2/c1-10-4-3-5-14(11(10)2)19-16(23)21-20-15(22)18-13-8-6-12(17)7-9-13/h6-11,14H,3-5H2,1-2H3,(H2,18,20,22)(H2,19,21,23)/t10-,11+,14+/m0/s1. The molecule has 0 aromatic heterocycles. The number of anilines is 1. The minimum absolute atomic E-state index is 0.415. The molecule has 0 bridgehead atoms. The maximum atomic E-state index is 5.85. The Balaban J connectivity index is 1.73. The number of benzene rings is 1. The summed E-state index contributed by atoms with van der Waals surface area (Å²) in [5.41, 5.74) is 6.70. The largest absolute Gasteiger partial charge is 0.358 e. The van der Waals surface area contributed by atoms with Crippen molar-refractivity contribution in [3.63, 3.8) is 0 Å². The Morgan fingerprint density at radius 3 is 2.39 bits per heavy atom. The molecular formula is C16H23ClN4S2. The van der Waals surface area contributed by atoms with Gasteiger partial charge in [0, 0.05) is 16.8 Å². The zero-order chi connectivity index (χ0) is 16.8. The van der Waals surface area contributed by atoms with Crippen molar-refractivity contribution < 1.29 is 0 Å². The van der Waals surface area contributed by atoms with Gasteiger partial charge in [0.25, 0.3) is 0 Å². The average molecular weight is 371 g/mol. The van der Waals surface area contributed by atoms with Crippen molar-refractivity contribution in [1.82, 2.24) is 16.2 Å². The van der Waals surface area contributed by atoms with E-state index in [1.165, 1.54) is 12.8 Å². The number of hydrogen-bond acceptors (Lipinski definition) is 2. The molecule has 0 aliphatic heterocycles. The lowest BCUT2D eigenvalue weighted by molar-refractivity contribution is 0.224. The summed E-state index contributed by atoms with van der Waals surface area (Å²) in [4.78, 5) is 0. The number of hydrogen-bond donors (Lipinski definition) is 4. The SMILES string of the molecule is C[C@@H]1[C@@H](C)CCC[C@H]1NC(=S)NNC(=S)Nc1ccc(Cl)cc1. The molecule has 126 valence electrons. The summed E-state index contributed by atoms with van der Waals surface area (Å²) >= 11 is 16.4. The fourth-order valence-electron chi connectivity index (χ4n) is 2.80. The van der Waals surface area contributed by atoms with Crippen molar-refractivity contribution in [1.29, 1.82) is 0 Å². The van der Waals surface area contributed by atoms with Crippen molar-refractivity contribution in [2.45, 2.75) is 39.2 Å². The monoisotopic (exact) mass is 370 g/mol. The molecule has 7 heteroatoms. The molecule has 0 amide bonds. The highest BCUT2D eigenvalue weighted by Gasteiger charge is 2.27. The molecule has 1 aliphatic rings. The van der Waals surface area contributed by atoms with Crippen LogP contribution >= 0.6 is 36.0 Å². The van der Waals surface area contributed by atoms with Crippen LogP contribution in [0.3, 0.4) is 0 Å². The summed E-state index contributed by atoms with van der Waals surface area (Å²) in [5, 5.41) is 8.13. The quantitative estimate of drug-likeness (QED) is 0.469. The van der Waals surface area contributed by atoms with E-state index in [0.29, 0.717) is 27.2 Å². The molecule has 1 saturated carbocycles. The predicted molar refractivity (Wildman–Crippen MR) is 106 cm³/mol. The first-order valence-corrected chi connectivity index (χ1v) is 9.04. The first kappa shape index (κ1) is 18.2. The minimum Gasteiger partial charge on any atom is -0.358 e. The third-order valence-electron chi connectivity index (χ3n) is 4.41. The molecule has 0 radical (unpaired) electrons. The van der Waals surface area contributed by atoms with Crippen LogP contribution in [0.5, 0.6) is 0 Å². The van der Waals surface area contributed by atoms with Crippen LogP contribution in [-0.2, 0) is 0 Å². The van der Waals surface area contributed by atoms with E-state index in [9.17, 15) is 0 Å². The van der Waals surface area contributed by atoms with Gasteiger partial charge in [-0.1, -0.05) is 38.3 Å². The normalized spacial score (nSPS) is 23.7. The van der Waals surface area contributed by atoms with Gasteiger partial charge >= 0.3 is 0 Å². The number of nitrogens with one attached hydrogen (secondary N) is 4. The lowest BCUT2D eigenvalue weighted by Crippen LogP contribution is -2.53. The second kappa shape index (κ2) is 8.66. The third kappa shape index (κ3) is 5.79. The van der Waals surface area contributed by atoms with Crippen LogP contribution in [0.15, 0.2) is 24.3 Å². The number of halogens is 1. The van der Waals surface area contributed by atoms with Crippen molar-refractivity contribution in [3.05, 3.63) is 29.3 Å². The molecule has 1 fully saturated rings. The van der Waals surface area contributed by atoms with E-state index < -0.39 is 0 Å². The summed E-state index contributed by atoms with van der Waals surface area (Å²) < 4.78 is 0. The van der Waals surface area contributed by atoms with Crippen molar-refractivity contribution in [2.75, 3.05) is 5.32 Å². The summed E-state index contributed by atoms with van der Waals surface area (Å²) in [6.45, 7) is 4.59. The van der Waals surface area contributed by atoms with Crippen LogP contribution < -0.4 is 21.5 Å². The molecule has 1 aromatic rings. The lowest BCUT2D eigenvalue weighted by Gasteiger charge is -2.35. The molecule has 3 atom stereocenters. The summed E-state index contributed by atoms with van der Waals surface area (Å²) in [6.07, 6.45) is 3.70. The molecule has 4 nitrogen and oxygen atoms in total. The third-order valence-corrected chi connectivity index (χ3v) is 5.09. The van der Waals surface area contributed by atoms with E-state index in [1.807, 2.05) is 12.1 Å². The summed E-state index contributed by atoms with van der Waals surface area (Å²) in [5.74, 6) is 1.34. The summed E-state index contributed by atoms with van der Waals surface area (Å²) in [7, 11) is 0. The Morgan fingerprint density at radius 2 is 1.70 bits per heavy atom. The first-order valence-electron chi connectivity index (χ1n) is 7.85. The van der Waals surface area contributed by atoms with E-state index in [0.717, 1.165) is 18.0 Å². The Bertz CT molecular complexity index is 550. The van der Waals surface area contributed by atoms with Gasteiger partial charge in [-0.15, -0.1) is 0 Å². The van der Waals surface area contributed by atoms with Gasteiger partial charge in [0.2, 0.25) is 0 Å². The van der Waals surface area contributed by atoms with Gasteiger partial charge in [-0.05, 0) is 67.0 Å². The Kier molecular flexibility index (Phi) is 6.87. The highest BCUT2D eigenvalue weighted by Crippen LogP contribution is 2.29. The Hall–Kier alpha value is -1.11. The zero-order valence-corrected chi connectivity index (χ0v) is 15.7. The van der Waals surface area contributed by atoms with E-state index in [4.69, 9.17) is 36.0 Å². The highest BCUT2D eigenvalue weighted by atomic mass is 35.5. The topological polar surface area (TPSA) is 48.1 Å². The maximum Gasteiger partial charge on any atom is 0.189 e. The van der Waals surface area contributed by atoms with Gasteiger partial charge in [0.15, 0.2) is 10.2 Å². The van der Waals surface area contributed by atoms with Crippen LogP contribution in [0.25, 0.3) is 0 Å². The molecule has 0 heterocycles. The van der Waals surface area contributed by atoms with Crippen LogP contribution in [0, 0.1) is 11.8 Å². The molecular weight excluding hydrogens is 348 g/mol. The lowest BCUT2D eigenvalue weighted by atomic mass is 9.78. The number of rotatable bonds is 2. The van der Waals surface area contributed by atoms with E-state index in [1.54, 1.807) is 12.1 Å². The molecule has 0 unspecified atom stereocenters. The van der Waals surface area contributed by atoms with Gasteiger partial charge < -0.3 is 10.6 Å². The van der Waals surface area contributed by atoms with Crippen molar-refractivity contribution >= 4 is 51.9 Å². The van der Waals surface area contributed by atoms with Gasteiger partial charge in [-0.3, -0.25) is 10.9 Å². The van der Waals surface area contributed by atoms with Crippen LogP contribution in [0.2, 0.25) is 5.02 Å². The van der Waals surface area contributed by atoms with E-state index in [2.05, 4.69) is 35.3 Å². The molecule has 23 heavy (non-hydrogen) atoms. The molecule has 1 aliphatic carbocycles. The van der Waals surface area contributed by atoms with Gasteiger partial charge in [0.1, 0.15) is 0 Å². The molecule has 2 rings (SSSR count). The second-order valence-corrected chi connectivity index (χ2v) is 7.31. The fraction of sp³-hybridized carbons (Fsp3) is 0.500. The number of hydrazine groups is 1.